The second-order valence-electron chi connectivity index (χ2n) is 4.99. The first-order valence-electron chi connectivity index (χ1n) is 6.32. The van der Waals surface area contributed by atoms with Gasteiger partial charge in [0.05, 0.1) is 18.1 Å². The fraction of sp³-hybridized carbons (Fsp3) is 0.429. The minimum absolute atomic E-state index is 0.0478. The molecule has 0 aromatic heterocycles. The molecule has 6 heteroatoms. The molecule has 6 nitrogen and oxygen atoms in total. The average molecular weight is 280 g/mol. The lowest BCUT2D eigenvalue weighted by atomic mass is 9.94. The quantitative estimate of drug-likeness (QED) is 0.610. The molecule has 0 bridgehead atoms. The Balaban J connectivity index is 2.47. The third-order valence-electron chi connectivity index (χ3n) is 3.16. The summed E-state index contributed by atoms with van der Waals surface area (Å²) in [5, 5.41) is 29.0. The first-order chi connectivity index (χ1) is 9.36. The summed E-state index contributed by atoms with van der Waals surface area (Å²) in [6.45, 7) is 1.63. The molecule has 3 N–H and O–H groups in total. The first-order valence-corrected chi connectivity index (χ1v) is 6.32. The fourth-order valence-corrected chi connectivity index (χ4v) is 2.38. The molecule has 2 atom stereocenters. The van der Waals surface area contributed by atoms with Crippen LogP contribution in [0.2, 0.25) is 0 Å². The van der Waals surface area contributed by atoms with Crippen LogP contribution in [0.5, 0.6) is 11.5 Å². The van der Waals surface area contributed by atoms with Crippen LogP contribution in [0.25, 0.3) is 0 Å². The van der Waals surface area contributed by atoms with E-state index in [1.807, 2.05) is 0 Å². The molecule has 1 aliphatic heterocycles. The Morgan fingerprint density at radius 3 is 2.65 bits per heavy atom. The van der Waals surface area contributed by atoms with E-state index in [4.69, 9.17) is 4.74 Å². The average Bonchev–Trinajstić information content (AvgIpc) is 2.24. The van der Waals surface area contributed by atoms with Crippen molar-refractivity contribution >= 4 is 11.8 Å². The highest BCUT2D eigenvalue weighted by Gasteiger charge is 2.26. The summed E-state index contributed by atoms with van der Waals surface area (Å²) in [6, 6.07) is 2.27. The van der Waals surface area contributed by atoms with Gasteiger partial charge in [0.2, 0.25) is 0 Å². The van der Waals surface area contributed by atoms with E-state index in [2.05, 4.69) is 0 Å². The molecular formula is C14H16O6. The number of carbonyl (C=O) groups excluding carboxylic acids is 2. The number of esters is 1. The number of cyclic esters (lactones) is 1. The molecule has 0 saturated heterocycles. The number of phenols is 2. The van der Waals surface area contributed by atoms with Gasteiger partial charge < -0.3 is 20.1 Å². The van der Waals surface area contributed by atoms with Crippen LogP contribution in [-0.4, -0.2) is 39.3 Å². The van der Waals surface area contributed by atoms with Crippen LogP contribution < -0.4 is 0 Å². The molecule has 1 aromatic rings. The molecule has 0 amide bonds. The number of hydrogen-bond donors (Lipinski definition) is 3. The maximum atomic E-state index is 12.1. The molecule has 0 aliphatic carbocycles. The number of aliphatic hydroxyl groups is 1. The molecule has 20 heavy (non-hydrogen) atoms. The Hall–Kier alpha value is -2.08. The largest absolute Gasteiger partial charge is 0.508 e. The van der Waals surface area contributed by atoms with E-state index in [-0.39, 0.29) is 36.1 Å². The molecule has 0 saturated carbocycles. The molecular weight excluding hydrogens is 264 g/mol. The van der Waals surface area contributed by atoms with Gasteiger partial charge in [0.25, 0.3) is 0 Å². The third kappa shape index (κ3) is 3.08. The SMILES string of the molecule is C[C@H]1C[C@@H](O)CC(=O)c2c(O)cc(O)cc2CC(=O)O1. The van der Waals surface area contributed by atoms with Gasteiger partial charge in [-0.2, -0.15) is 0 Å². The van der Waals surface area contributed by atoms with Crippen LogP contribution in [0.15, 0.2) is 12.1 Å². The number of carbonyl (C=O) groups is 2. The van der Waals surface area contributed by atoms with Crippen LogP contribution in [0.4, 0.5) is 0 Å². The van der Waals surface area contributed by atoms with Gasteiger partial charge in [0, 0.05) is 18.9 Å². The predicted molar refractivity (Wildman–Crippen MR) is 68.6 cm³/mol. The third-order valence-corrected chi connectivity index (χ3v) is 3.16. The van der Waals surface area contributed by atoms with E-state index in [0.717, 1.165) is 6.07 Å². The van der Waals surface area contributed by atoms with E-state index < -0.39 is 29.7 Å². The number of aliphatic hydroxyl groups excluding tert-OH is 1. The number of phenolic OH excluding ortho intramolecular Hbond substituents is 2. The Kier molecular flexibility index (Phi) is 3.94. The second-order valence-corrected chi connectivity index (χ2v) is 4.99. The Labute approximate surface area is 115 Å². The molecule has 0 spiro atoms. The van der Waals surface area contributed by atoms with Crippen molar-refractivity contribution in [2.24, 2.45) is 0 Å². The maximum Gasteiger partial charge on any atom is 0.310 e. The van der Waals surface area contributed by atoms with E-state index in [9.17, 15) is 24.9 Å². The number of ether oxygens (including phenoxy) is 1. The number of fused-ring (bicyclic) bond motifs is 1. The van der Waals surface area contributed by atoms with E-state index >= 15 is 0 Å². The predicted octanol–water partition coefficient (Wildman–Crippen LogP) is 0.909. The number of aromatic hydroxyl groups is 2. The molecule has 1 aromatic carbocycles. The van der Waals surface area contributed by atoms with Gasteiger partial charge in [-0.15, -0.1) is 0 Å². The maximum absolute atomic E-state index is 12.1. The second kappa shape index (κ2) is 5.50. The molecule has 1 heterocycles. The highest BCUT2D eigenvalue weighted by molar-refractivity contribution is 6.01. The van der Waals surface area contributed by atoms with Gasteiger partial charge >= 0.3 is 5.97 Å². The minimum Gasteiger partial charge on any atom is -0.508 e. The first kappa shape index (κ1) is 14.3. The number of rotatable bonds is 0. The van der Waals surface area contributed by atoms with Crippen molar-refractivity contribution < 1.29 is 29.6 Å². The summed E-state index contributed by atoms with van der Waals surface area (Å²) in [6.07, 6.45) is -1.69. The molecule has 0 fully saturated rings. The topological polar surface area (TPSA) is 104 Å². The molecule has 1 aliphatic rings. The van der Waals surface area contributed by atoms with Crippen LogP contribution in [0.1, 0.15) is 35.7 Å². The smallest absolute Gasteiger partial charge is 0.310 e. The number of ketones is 1. The molecule has 2 rings (SSSR count). The zero-order valence-electron chi connectivity index (χ0n) is 11.0. The summed E-state index contributed by atoms with van der Waals surface area (Å²) in [7, 11) is 0. The Morgan fingerprint density at radius 1 is 1.25 bits per heavy atom. The monoisotopic (exact) mass is 280 g/mol. The summed E-state index contributed by atoms with van der Waals surface area (Å²) in [5.74, 6) is -1.69. The number of benzene rings is 1. The molecule has 108 valence electrons. The van der Waals surface area contributed by atoms with Crippen molar-refractivity contribution in [3.8, 4) is 11.5 Å². The zero-order valence-corrected chi connectivity index (χ0v) is 11.0. The standard InChI is InChI=1S/C14H16O6/c1-7-2-9(15)5-11(17)14-8(4-13(19)20-7)3-10(16)6-12(14)18/h3,6-7,9,15-16,18H,2,4-5H2,1H3/t7-,9+/m0/s1. The van der Waals surface area contributed by atoms with Crippen LogP contribution >= 0.6 is 0 Å². The zero-order chi connectivity index (χ0) is 14.9. The van der Waals surface area contributed by atoms with Crippen LogP contribution in [0, 0.1) is 0 Å². The fourth-order valence-electron chi connectivity index (χ4n) is 2.38. The van der Waals surface area contributed by atoms with E-state index in [0.29, 0.717) is 0 Å². The Morgan fingerprint density at radius 2 is 1.95 bits per heavy atom. The van der Waals surface area contributed by atoms with Crippen molar-refractivity contribution in [1.82, 2.24) is 0 Å². The summed E-state index contributed by atoms with van der Waals surface area (Å²) >= 11 is 0. The van der Waals surface area contributed by atoms with Crippen LogP contribution in [0.3, 0.4) is 0 Å². The van der Waals surface area contributed by atoms with E-state index in [1.165, 1.54) is 6.07 Å². The molecule has 0 radical (unpaired) electrons. The van der Waals surface area contributed by atoms with Crippen molar-refractivity contribution in [3.05, 3.63) is 23.3 Å². The van der Waals surface area contributed by atoms with Crippen molar-refractivity contribution in [2.75, 3.05) is 0 Å². The lowest BCUT2D eigenvalue weighted by molar-refractivity contribution is -0.148. The summed E-state index contributed by atoms with van der Waals surface area (Å²) < 4.78 is 5.10. The van der Waals surface area contributed by atoms with Gasteiger partial charge in [-0.1, -0.05) is 0 Å². The van der Waals surface area contributed by atoms with Gasteiger partial charge in [-0.05, 0) is 18.6 Å². The van der Waals surface area contributed by atoms with Crippen LogP contribution in [-0.2, 0) is 16.0 Å². The summed E-state index contributed by atoms with van der Waals surface area (Å²) in [4.78, 5) is 23.9. The van der Waals surface area contributed by atoms with Crippen molar-refractivity contribution in [2.45, 2.75) is 38.4 Å². The van der Waals surface area contributed by atoms with Crippen molar-refractivity contribution in [3.63, 3.8) is 0 Å². The van der Waals surface area contributed by atoms with E-state index in [1.54, 1.807) is 6.92 Å². The Bertz CT molecular complexity index is 551. The van der Waals surface area contributed by atoms with Gasteiger partial charge in [0.15, 0.2) is 5.78 Å². The minimum atomic E-state index is -0.954. The highest BCUT2D eigenvalue weighted by Crippen LogP contribution is 2.30. The highest BCUT2D eigenvalue weighted by atomic mass is 16.5. The number of Topliss-reactive ketones (excluding diaryl/α,β-unsaturated/α-hetero) is 1. The van der Waals surface area contributed by atoms with Crippen molar-refractivity contribution in [1.29, 1.82) is 0 Å². The van der Waals surface area contributed by atoms with Gasteiger partial charge in [0.1, 0.15) is 17.6 Å². The lowest BCUT2D eigenvalue weighted by Crippen LogP contribution is -2.26. The molecule has 0 unspecified atom stereocenters. The normalized spacial score (nSPS) is 23.9. The lowest BCUT2D eigenvalue weighted by Gasteiger charge is -2.20. The van der Waals surface area contributed by atoms with Gasteiger partial charge in [-0.3, -0.25) is 9.59 Å². The summed E-state index contributed by atoms with van der Waals surface area (Å²) in [5.41, 5.74) is 0.146. The number of hydrogen-bond acceptors (Lipinski definition) is 6. The van der Waals surface area contributed by atoms with Gasteiger partial charge in [-0.25, -0.2) is 0 Å².